The molecule has 0 aliphatic carbocycles. The molecule has 1 fully saturated rings. The van der Waals surface area contributed by atoms with E-state index < -0.39 is 4.92 Å². The van der Waals surface area contributed by atoms with Gasteiger partial charge in [0, 0.05) is 36.3 Å². The number of nitro benzene ring substituents is 1. The fraction of sp³-hybridized carbons (Fsp3) is 0.350. The molecule has 0 aromatic heterocycles. The highest BCUT2D eigenvalue weighted by molar-refractivity contribution is 5.93. The number of non-ortho nitro benzene ring substituents is 1. The molecule has 146 valence electrons. The number of carbonyl (C=O) groups excluding carboxylic acids is 1. The van der Waals surface area contributed by atoms with Crippen LogP contribution in [-0.4, -0.2) is 35.6 Å². The van der Waals surface area contributed by atoms with E-state index in [-0.39, 0.29) is 24.3 Å². The first-order valence-electron chi connectivity index (χ1n) is 9.25. The molecule has 4 rings (SSSR count). The second kappa shape index (κ2) is 7.85. The number of nitrogens with one attached hydrogen (secondary N) is 1. The molecule has 2 aliphatic heterocycles. The number of fused-ring (bicyclic) bond motifs is 1. The highest BCUT2D eigenvalue weighted by Gasteiger charge is 2.25. The maximum Gasteiger partial charge on any atom is 0.269 e. The Morgan fingerprint density at radius 1 is 1.11 bits per heavy atom. The zero-order chi connectivity index (χ0) is 19.5. The molecule has 1 amide bonds. The van der Waals surface area contributed by atoms with Gasteiger partial charge in [-0.3, -0.25) is 19.8 Å². The fourth-order valence-corrected chi connectivity index (χ4v) is 3.55. The lowest BCUT2D eigenvalue weighted by Crippen LogP contribution is -2.37. The van der Waals surface area contributed by atoms with Crippen molar-refractivity contribution in [3.63, 3.8) is 0 Å². The maximum atomic E-state index is 12.6. The summed E-state index contributed by atoms with van der Waals surface area (Å²) in [6.45, 7) is 2.57. The van der Waals surface area contributed by atoms with Gasteiger partial charge >= 0.3 is 0 Å². The summed E-state index contributed by atoms with van der Waals surface area (Å²) < 4.78 is 10.6. The lowest BCUT2D eigenvalue weighted by Gasteiger charge is -2.31. The number of nitrogens with zero attached hydrogens (tertiary/aromatic N) is 2. The van der Waals surface area contributed by atoms with Gasteiger partial charge in [-0.05, 0) is 43.6 Å². The predicted molar refractivity (Wildman–Crippen MR) is 102 cm³/mol. The van der Waals surface area contributed by atoms with Crippen molar-refractivity contribution in [2.45, 2.75) is 19.4 Å². The van der Waals surface area contributed by atoms with E-state index in [4.69, 9.17) is 9.47 Å². The van der Waals surface area contributed by atoms with Crippen molar-refractivity contribution in [1.29, 1.82) is 0 Å². The summed E-state index contributed by atoms with van der Waals surface area (Å²) in [7, 11) is 0. The van der Waals surface area contributed by atoms with Crippen molar-refractivity contribution in [3.8, 4) is 11.5 Å². The summed E-state index contributed by atoms with van der Waals surface area (Å²) in [5.41, 5.74) is 1.85. The molecule has 0 unspecified atom stereocenters. The number of nitro groups is 1. The third-order valence-corrected chi connectivity index (χ3v) is 5.15. The van der Waals surface area contributed by atoms with Gasteiger partial charge in [-0.15, -0.1) is 0 Å². The van der Waals surface area contributed by atoms with Crippen LogP contribution in [0.2, 0.25) is 0 Å². The van der Waals surface area contributed by atoms with E-state index in [0.29, 0.717) is 17.2 Å². The Morgan fingerprint density at radius 3 is 2.54 bits per heavy atom. The monoisotopic (exact) mass is 383 g/mol. The van der Waals surface area contributed by atoms with Gasteiger partial charge in [0.05, 0.1) is 4.92 Å². The van der Waals surface area contributed by atoms with Crippen LogP contribution in [0.15, 0.2) is 42.5 Å². The minimum absolute atomic E-state index is 0.0221. The number of anilines is 1. The van der Waals surface area contributed by atoms with Crippen LogP contribution in [0.5, 0.6) is 11.5 Å². The molecule has 8 nitrogen and oxygen atoms in total. The van der Waals surface area contributed by atoms with Gasteiger partial charge in [0.1, 0.15) is 0 Å². The summed E-state index contributed by atoms with van der Waals surface area (Å²) in [5, 5.41) is 13.7. The smallest absolute Gasteiger partial charge is 0.269 e. The van der Waals surface area contributed by atoms with Crippen molar-refractivity contribution >= 4 is 17.3 Å². The molecule has 2 heterocycles. The Kier molecular flexibility index (Phi) is 5.12. The molecule has 0 bridgehead atoms. The van der Waals surface area contributed by atoms with Crippen LogP contribution >= 0.6 is 0 Å². The molecule has 8 heteroatoms. The number of likely N-dealkylation sites (tertiary alicyclic amines) is 1. The third-order valence-electron chi connectivity index (χ3n) is 5.15. The lowest BCUT2D eigenvalue weighted by atomic mass is 9.95. The van der Waals surface area contributed by atoms with Crippen molar-refractivity contribution in [2.24, 2.45) is 5.92 Å². The van der Waals surface area contributed by atoms with Gasteiger partial charge in [-0.25, -0.2) is 0 Å². The molecule has 1 saturated heterocycles. The quantitative estimate of drug-likeness (QED) is 0.630. The summed E-state index contributed by atoms with van der Waals surface area (Å²) in [4.78, 5) is 25.2. The number of carbonyl (C=O) groups is 1. The van der Waals surface area contributed by atoms with E-state index >= 15 is 0 Å². The Labute approximate surface area is 162 Å². The van der Waals surface area contributed by atoms with Crippen LogP contribution < -0.4 is 14.8 Å². The molecule has 0 spiro atoms. The number of hydrogen-bond donors (Lipinski definition) is 1. The molecule has 0 atom stereocenters. The summed E-state index contributed by atoms with van der Waals surface area (Å²) >= 11 is 0. The van der Waals surface area contributed by atoms with Gasteiger partial charge < -0.3 is 14.8 Å². The fourth-order valence-electron chi connectivity index (χ4n) is 3.55. The zero-order valence-electron chi connectivity index (χ0n) is 15.3. The normalized spacial score (nSPS) is 16.7. The topological polar surface area (TPSA) is 93.9 Å². The van der Waals surface area contributed by atoms with Gasteiger partial charge in [0.2, 0.25) is 12.7 Å². The van der Waals surface area contributed by atoms with Crippen molar-refractivity contribution in [2.75, 3.05) is 25.2 Å². The van der Waals surface area contributed by atoms with Gasteiger partial charge in [-0.1, -0.05) is 12.1 Å². The van der Waals surface area contributed by atoms with Crippen molar-refractivity contribution in [1.82, 2.24) is 4.90 Å². The van der Waals surface area contributed by atoms with E-state index in [1.54, 1.807) is 24.3 Å². The second-order valence-corrected chi connectivity index (χ2v) is 7.03. The SMILES string of the molecule is O=C(Nc1ccc2c(c1)OCO2)C1CCN(Cc2ccc([N+](=O)[O-])cc2)CC1. The highest BCUT2D eigenvalue weighted by Crippen LogP contribution is 2.34. The molecular weight excluding hydrogens is 362 g/mol. The summed E-state index contributed by atoms with van der Waals surface area (Å²) in [6.07, 6.45) is 1.56. The minimum Gasteiger partial charge on any atom is -0.454 e. The third kappa shape index (κ3) is 4.07. The first-order valence-corrected chi connectivity index (χ1v) is 9.25. The van der Waals surface area contributed by atoms with Crippen molar-refractivity contribution < 1.29 is 19.2 Å². The maximum absolute atomic E-state index is 12.6. The molecule has 28 heavy (non-hydrogen) atoms. The van der Waals surface area contributed by atoms with Gasteiger partial charge in [0.15, 0.2) is 11.5 Å². The highest BCUT2D eigenvalue weighted by atomic mass is 16.7. The minimum atomic E-state index is -0.395. The average molecular weight is 383 g/mol. The Balaban J connectivity index is 1.27. The van der Waals surface area contributed by atoms with Crippen LogP contribution in [0.3, 0.4) is 0 Å². The lowest BCUT2D eigenvalue weighted by molar-refractivity contribution is -0.384. The molecule has 2 aliphatic rings. The largest absolute Gasteiger partial charge is 0.454 e. The summed E-state index contributed by atoms with van der Waals surface area (Å²) in [6, 6.07) is 12.0. The molecule has 0 radical (unpaired) electrons. The number of amides is 1. The van der Waals surface area contributed by atoms with E-state index in [1.807, 2.05) is 6.07 Å². The predicted octanol–water partition coefficient (Wildman–Crippen LogP) is 3.17. The first kappa shape index (κ1) is 18.2. The Morgan fingerprint density at radius 2 is 1.82 bits per heavy atom. The van der Waals surface area contributed by atoms with Crippen LogP contribution in [0.4, 0.5) is 11.4 Å². The zero-order valence-corrected chi connectivity index (χ0v) is 15.3. The van der Waals surface area contributed by atoms with E-state index in [2.05, 4.69) is 10.2 Å². The van der Waals surface area contributed by atoms with Crippen LogP contribution in [0, 0.1) is 16.0 Å². The number of hydrogen-bond acceptors (Lipinski definition) is 6. The van der Waals surface area contributed by atoms with Crippen LogP contribution in [0.1, 0.15) is 18.4 Å². The average Bonchev–Trinajstić information content (AvgIpc) is 3.17. The standard InChI is InChI=1S/C20H21N3O5/c24-20(21-16-3-6-18-19(11-16)28-13-27-18)15-7-9-22(10-8-15)12-14-1-4-17(5-2-14)23(25)26/h1-6,11,15H,7-10,12-13H2,(H,21,24). The summed E-state index contributed by atoms with van der Waals surface area (Å²) in [5.74, 6) is 1.33. The van der Waals surface area contributed by atoms with Gasteiger partial charge in [-0.2, -0.15) is 0 Å². The van der Waals surface area contributed by atoms with E-state index in [1.165, 1.54) is 12.1 Å². The van der Waals surface area contributed by atoms with E-state index in [9.17, 15) is 14.9 Å². The molecule has 1 N–H and O–H groups in total. The number of benzene rings is 2. The number of ether oxygens (including phenoxy) is 2. The van der Waals surface area contributed by atoms with Gasteiger partial charge in [0.25, 0.3) is 5.69 Å². The van der Waals surface area contributed by atoms with Crippen LogP contribution in [0.25, 0.3) is 0 Å². The number of rotatable bonds is 5. The Bertz CT molecular complexity index is 876. The first-order chi connectivity index (χ1) is 13.6. The Hall–Kier alpha value is -3.13. The molecule has 2 aromatic carbocycles. The molecule has 2 aromatic rings. The molecule has 0 saturated carbocycles. The van der Waals surface area contributed by atoms with Crippen LogP contribution in [-0.2, 0) is 11.3 Å². The van der Waals surface area contributed by atoms with Crippen molar-refractivity contribution in [3.05, 3.63) is 58.1 Å². The second-order valence-electron chi connectivity index (χ2n) is 7.03. The van der Waals surface area contributed by atoms with E-state index in [0.717, 1.165) is 38.0 Å². The molecular formula is C20H21N3O5. The number of piperidine rings is 1.